The Balaban J connectivity index is 1.34. The Morgan fingerprint density at radius 1 is 1.12 bits per heavy atom. The van der Waals surface area contributed by atoms with Crippen LogP contribution in [-0.2, 0) is 16.0 Å². The predicted octanol–water partition coefficient (Wildman–Crippen LogP) is 2.97. The number of carbonyl (C=O) groups excluding carboxylic acids is 1. The number of amides is 1. The van der Waals surface area contributed by atoms with Crippen molar-refractivity contribution < 1.29 is 23.0 Å². The molecule has 8 nitrogen and oxygen atoms in total. The Morgan fingerprint density at radius 2 is 1.94 bits per heavy atom. The zero-order chi connectivity index (χ0) is 22.6. The number of nitrogens with one attached hydrogen (secondary N) is 2. The van der Waals surface area contributed by atoms with Gasteiger partial charge in [0.25, 0.3) is 5.91 Å². The molecule has 6 rings (SSSR count). The molecule has 0 unspecified atom stereocenters. The molecule has 1 spiro atoms. The van der Waals surface area contributed by atoms with Gasteiger partial charge in [-0.15, -0.1) is 0 Å². The average molecular weight is 451 g/mol. The van der Waals surface area contributed by atoms with Crippen LogP contribution in [0.25, 0.3) is 11.3 Å². The Bertz CT molecular complexity index is 1240. The number of carbonyl (C=O) groups is 1. The molecule has 1 aromatic carbocycles. The van der Waals surface area contributed by atoms with Gasteiger partial charge in [-0.2, -0.15) is 0 Å². The second-order valence-corrected chi connectivity index (χ2v) is 8.12. The summed E-state index contributed by atoms with van der Waals surface area (Å²) in [5.41, 5.74) is 1.46. The van der Waals surface area contributed by atoms with Gasteiger partial charge in [-0.1, -0.05) is 6.07 Å². The number of halogens is 2. The maximum atomic E-state index is 14.4. The van der Waals surface area contributed by atoms with Gasteiger partial charge in [0.1, 0.15) is 17.5 Å². The van der Waals surface area contributed by atoms with Gasteiger partial charge < -0.3 is 25.0 Å². The van der Waals surface area contributed by atoms with E-state index < -0.39 is 17.4 Å². The summed E-state index contributed by atoms with van der Waals surface area (Å²) in [4.78, 5) is 23.4. The second-order valence-electron chi connectivity index (χ2n) is 8.12. The summed E-state index contributed by atoms with van der Waals surface area (Å²) in [5.74, 6) is -1.28. The van der Waals surface area contributed by atoms with E-state index >= 15 is 0 Å². The molecule has 0 bridgehead atoms. The molecule has 3 aliphatic heterocycles. The van der Waals surface area contributed by atoms with Crippen LogP contribution in [0.2, 0.25) is 0 Å². The predicted molar refractivity (Wildman–Crippen MR) is 115 cm³/mol. The molecule has 3 aromatic rings. The van der Waals surface area contributed by atoms with Gasteiger partial charge in [0, 0.05) is 6.54 Å². The topological polar surface area (TPSA) is 88.6 Å². The fourth-order valence-electron chi connectivity index (χ4n) is 4.45. The van der Waals surface area contributed by atoms with Gasteiger partial charge in [-0.3, -0.25) is 4.79 Å². The van der Waals surface area contributed by atoms with E-state index in [0.717, 1.165) is 12.2 Å². The van der Waals surface area contributed by atoms with Crippen LogP contribution in [0, 0.1) is 11.6 Å². The molecule has 1 amide bonds. The molecule has 2 fully saturated rings. The third-order valence-corrected chi connectivity index (χ3v) is 6.11. The zero-order valence-electron chi connectivity index (χ0n) is 17.4. The number of ether oxygens (including phenoxy) is 2. The van der Waals surface area contributed by atoms with Crippen molar-refractivity contribution in [1.29, 1.82) is 0 Å². The molecule has 2 saturated heterocycles. The number of hydrogen-bond acceptors (Lipinski definition) is 7. The summed E-state index contributed by atoms with van der Waals surface area (Å²) in [5, 5.41) is 5.82. The number of hydrogen-bond donors (Lipinski definition) is 2. The van der Waals surface area contributed by atoms with Gasteiger partial charge in [-0.25, -0.2) is 18.7 Å². The van der Waals surface area contributed by atoms with Gasteiger partial charge in [-0.05, 0) is 30.3 Å². The Hall–Kier alpha value is -3.63. The average Bonchev–Trinajstić information content (AvgIpc) is 3.39. The minimum Gasteiger partial charge on any atom is -0.371 e. The van der Waals surface area contributed by atoms with Crippen LogP contribution in [0.15, 0.2) is 42.6 Å². The normalized spacial score (nSPS) is 18.2. The van der Waals surface area contributed by atoms with Gasteiger partial charge in [0.2, 0.25) is 0 Å². The van der Waals surface area contributed by atoms with E-state index in [1.165, 1.54) is 24.3 Å². The van der Waals surface area contributed by atoms with E-state index in [1.54, 1.807) is 12.3 Å². The summed E-state index contributed by atoms with van der Waals surface area (Å²) in [6.07, 6.45) is 1.72. The number of benzene rings is 1. The van der Waals surface area contributed by atoms with Crippen LogP contribution in [0.4, 0.5) is 26.0 Å². The first kappa shape index (κ1) is 20.0. The maximum Gasteiger partial charge on any atom is 0.255 e. The van der Waals surface area contributed by atoms with E-state index in [2.05, 4.69) is 25.5 Å². The van der Waals surface area contributed by atoms with Crippen molar-refractivity contribution in [2.24, 2.45) is 0 Å². The van der Waals surface area contributed by atoms with E-state index in [-0.39, 0.29) is 23.7 Å². The van der Waals surface area contributed by atoms with Crippen LogP contribution in [0.5, 0.6) is 0 Å². The standard InChI is InChI=1S/C23H19F2N5O3/c24-14-2-1-3-15(25)20(14)16-8-17(21-18(28-16)10-27-22(21)31)29-19-5-4-13(9-26-19)30-6-7-33-23(30)11-32-12-23/h1-5,8-9H,6-7,10-12H2,(H,27,31)(H,26,28,29). The molecule has 0 saturated carbocycles. The number of fused-ring (bicyclic) bond motifs is 1. The van der Waals surface area contributed by atoms with Crippen LogP contribution in [0.3, 0.4) is 0 Å². The molecule has 33 heavy (non-hydrogen) atoms. The summed E-state index contributed by atoms with van der Waals surface area (Å²) in [6, 6.07) is 8.80. The molecule has 5 heterocycles. The minimum absolute atomic E-state index is 0.0983. The number of aromatic nitrogens is 2. The Labute approximate surface area is 187 Å². The van der Waals surface area contributed by atoms with Crippen molar-refractivity contribution in [1.82, 2.24) is 15.3 Å². The van der Waals surface area contributed by atoms with E-state index in [0.29, 0.717) is 42.6 Å². The highest BCUT2D eigenvalue weighted by Gasteiger charge is 2.49. The van der Waals surface area contributed by atoms with Crippen molar-refractivity contribution in [2.45, 2.75) is 12.3 Å². The van der Waals surface area contributed by atoms with Gasteiger partial charge in [0.15, 0.2) is 5.72 Å². The Kier molecular flexibility index (Phi) is 4.52. The lowest BCUT2D eigenvalue weighted by Crippen LogP contribution is -2.60. The van der Waals surface area contributed by atoms with Crippen LogP contribution < -0.4 is 15.5 Å². The summed E-state index contributed by atoms with van der Waals surface area (Å²) in [7, 11) is 0. The van der Waals surface area contributed by atoms with E-state index in [1.807, 2.05) is 6.07 Å². The van der Waals surface area contributed by atoms with Crippen LogP contribution in [0.1, 0.15) is 16.1 Å². The smallest absolute Gasteiger partial charge is 0.255 e. The SMILES string of the molecule is O=C1NCc2nc(-c3c(F)cccc3F)cc(Nc3ccc(N4CCOC45COC5)cn3)c21. The molecule has 0 aliphatic carbocycles. The van der Waals surface area contributed by atoms with Crippen molar-refractivity contribution in [3.8, 4) is 11.3 Å². The molecule has 168 valence electrons. The lowest BCUT2D eigenvalue weighted by atomic mass is 10.1. The monoisotopic (exact) mass is 451 g/mol. The molecular weight excluding hydrogens is 432 g/mol. The highest BCUT2D eigenvalue weighted by molar-refractivity contribution is 6.04. The lowest BCUT2D eigenvalue weighted by molar-refractivity contribution is -0.182. The molecule has 0 radical (unpaired) electrons. The second kappa shape index (κ2) is 7.46. The highest BCUT2D eigenvalue weighted by Crippen LogP contribution is 2.36. The molecule has 0 atom stereocenters. The first-order valence-electron chi connectivity index (χ1n) is 10.5. The van der Waals surface area contributed by atoms with Crippen molar-refractivity contribution in [3.63, 3.8) is 0 Å². The van der Waals surface area contributed by atoms with E-state index in [4.69, 9.17) is 9.47 Å². The molecule has 2 aromatic heterocycles. The summed E-state index contributed by atoms with van der Waals surface area (Å²) in [6.45, 7) is 2.57. The lowest BCUT2D eigenvalue weighted by Gasteiger charge is -2.44. The molecular formula is C23H19F2N5O3. The van der Waals surface area contributed by atoms with Crippen molar-refractivity contribution in [3.05, 3.63) is 65.5 Å². The number of anilines is 3. The number of nitrogens with zero attached hydrogens (tertiary/aromatic N) is 3. The van der Waals surface area contributed by atoms with Crippen molar-refractivity contribution >= 4 is 23.1 Å². The third kappa shape index (κ3) is 3.21. The van der Waals surface area contributed by atoms with E-state index in [9.17, 15) is 13.6 Å². The zero-order valence-corrected chi connectivity index (χ0v) is 17.4. The van der Waals surface area contributed by atoms with Crippen LogP contribution in [-0.4, -0.2) is 48.0 Å². The van der Waals surface area contributed by atoms with Gasteiger partial charge in [0.05, 0.1) is 66.5 Å². The van der Waals surface area contributed by atoms with Crippen LogP contribution >= 0.6 is 0 Å². The minimum atomic E-state index is -0.727. The Morgan fingerprint density at radius 3 is 2.64 bits per heavy atom. The molecule has 10 heteroatoms. The fraction of sp³-hybridized carbons (Fsp3) is 0.261. The van der Waals surface area contributed by atoms with Crippen molar-refractivity contribution in [2.75, 3.05) is 36.6 Å². The first-order valence-corrected chi connectivity index (χ1v) is 10.5. The third-order valence-electron chi connectivity index (χ3n) is 6.11. The summed E-state index contributed by atoms with van der Waals surface area (Å²) < 4.78 is 40.0. The molecule has 2 N–H and O–H groups in total. The van der Waals surface area contributed by atoms with Gasteiger partial charge >= 0.3 is 0 Å². The first-order chi connectivity index (χ1) is 16.0. The molecule has 3 aliphatic rings. The fourth-order valence-corrected chi connectivity index (χ4v) is 4.45. The highest BCUT2D eigenvalue weighted by atomic mass is 19.1. The quantitative estimate of drug-likeness (QED) is 0.631. The number of rotatable bonds is 4. The number of pyridine rings is 2. The largest absolute Gasteiger partial charge is 0.371 e. The summed E-state index contributed by atoms with van der Waals surface area (Å²) >= 11 is 0. The maximum absolute atomic E-state index is 14.4.